The fraction of sp³-hybridized carbons (Fsp3) is 0.414. The summed E-state index contributed by atoms with van der Waals surface area (Å²) in [5, 5.41) is 1.56. The summed E-state index contributed by atoms with van der Waals surface area (Å²) < 4.78 is 71.1. The average molecular weight is 786 g/mol. The summed E-state index contributed by atoms with van der Waals surface area (Å²) in [7, 11) is -8.64. The summed E-state index contributed by atoms with van der Waals surface area (Å²) in [5.41, 5.74) is 3.31. The minimum atomic E-state index is -4.32. The summed E-state index contributed by atoms with van der Waals surface area (Å²) in [6.45, 7) is 6.07. The van der Waals surface area contributed by atoms with Gasteiger partial charge in [0.1, 0.15) is 5.82 Å². The molecule has 1 aliphatic rings. The number of allylic oxidation sites excluding steroid dienone is 2. The monoisotopic (exact) mass is 783 g/mol. The predicted molar refractivity (Wildman–Crippen MR) is 179 cm³/mol. The molecule has 0 radical (unpaired) electrons. The first-order valence-corrected chi connectivity index (χ1v) is 19.0. The van der Waals surface area contributed by atoms with Crippen molar-refractivity contribution in [1.29, 1.82) is 0 Å². The zero-order chi connectivity index (χ0) is 33.1. The van der Waals surface area contributed by atoms with Crippen LogP contribution < -0.4 is 73.5 Å². The van der Waals surface area contributed by atoms with Gasteiger partial charge in [0.05, 0.1) is 64.8 Å². The molecule has 18 heteroatoms. The Balaban J connectivity index is 0.00000384. The quantitative estimate of drug-likeness (QED) is 0.0997. The van der Waals surface area contributed by atoms with Gasteiger partial charge in [0, 0.05) is 42.8 Å². The van der Waals surface area contributed by atoms with Crippen LogP contribution in [0.25, 0.3) is 17.1 Å². The predicted octanol–water partition coefficient (Wildman–Crippen LogP) is 0.422. The second-order valence-electron chi connectivity index (χ2n) is 10.5. The summed E-state index contributed by atoms with van der Waals surface area (Å²) >= 11 is 25.5. The number of nitrogens with zero attached hydrogens (tertiary/aromatic N) is 4. The zero-order valence-corrected chi connectivity index (χ0v) is 35.3. The van der Waals surface area contributed by atoms with Gasteiger partial charge in [-0.3, -0.25) is 0 Å². The molecule has 0 atom stereocenters. The molecule has 2 heterocycles. The summed E-state index contributed by atoms with van der Waals surface area (Å²) in [4.78, 5) is 4.09. The molecule has 0 fully saturated rings. The summed E-state index contributed by atoms with van der Waals surface area (Å²) in [6.07, 6.45) is 7.08. The van der Waals surface area contributed by atoms with Gasteiger partial charge in [-0.1, -0.05) is 52.5 Å². The van der Waals surface area contributed by atoms with E-state index < -0.39 is 31.7 Å². The minimum Gasteiger partial charge on any atom is -0.748 e. The van der Waals surface area contributed by atoms with Crippen molar-refractivity contribution in [2.24, 2.45) is 0 Å². The second kappa shape index (κ2) is 18.5. The van der Waals surface area contributed by atoms with Gasteiger partial charge in [-0.05, 0) is 57.7 Å². The maximum Gasteiger partial charge on any atom is 1.00 e. The molecule has 0 aliphatic carbocycles. The average Bonchev–Trinajstić information content (AvgIpc) is 3.38. The van der Waals surface area contributed by atoms with Crippen LogP contribution in [0.4, 0.5) is 11.4 Å². The number of hydrogen-bond acceptors (Lipinski definition) is 8. The van der Waals surface area contributed by atoms with E-state index in [2.05, 4.69) is 9.47 Å². The third-order valence-corrected chi connectivity index (χ3v) is 10.5. The van der Waals surface area contributed by atoms with Gasteiger partial charge in [0.15, 0.2) is 11.0 Å². The number of aryl methyl sites for hydroxylation is 2. The van der Waals surface area contributed by atoms with Crippen LogP contribution in [0.3, 0.4) is 0 Å². The molecule has 0 saturated heterocycles. The molecular formula is C29H33Cl4N4Na2O6S2+. The van der Waals surface area contributed by atoms with Gasteiger partial charge < -0.3 is 18.9 Å². The molecule has 0 N–H and O–H groups in total. The summed E-state index contributed by atoms with van der Waals surface area (Å²) in [6, 6.07) is 7.13. The molecule has 0 amide bonds. The number of halogens is 4. The van der Waals surface area contributed by atoms with E-state index in [9.17, 15) is 25.9 Å². The van der Waals surface area contributed by atoms with Crippen LogP contribution in [0, 0.1) is 0 Å². The number of fused-ring (bicyclic) bond motifs is 2. The van der Waals surface area contributed by atoms with E-state index in [0.717, 1.165) is 34.1 Å². The minimum absolute atomic E-state index is 0. The SMILES string of the molecule is CCN1C(=CC=Cc2n(CC)c3cc(Cl)c(Cl)cc3[n+]2CCCCS(=O)(=O)[O-])N(CCCCS(=O)(=O)[O-])c2cc(Cl)c(Cl)cc21.[Na+].[Na+]. The number of benzene rings is 2. The number of aromatic nitrogens is 2. The van der Waals surface area contributed by atoms with Gasteiger partial charge in [-0.15, -0.1) is 0 Å². The van der Waals surface area contributed by atoms with Gasteiger partial charge in [-0.25, -0.2) is 26.0 Å². The maximum atomic E-state index is 11.2. The first-order valence-electron chi connectivity index (χ1n) is 14.4. The van der Waals surface area contributed by atoms with Crippen LogP contribution >= 0.6 is 46.4 Å². The molecule has 0 saturated carbocycles. The Morgan fingerprint density at radius 3 is 1.83 bits per heavy atom. The standard InChI is InChI=1S/C29H34Cl4N4O6S2.2Na/c1-3-34-24-16-20(30)22(32)18-26(24)36(12-5-7-14-44(38,39)40)28(34)10-9-11-29-35(4-2)25-17-21(31)23(33)19-27(25)37(29)13-6-8-15-45(41,42)43;;/h9-11,16-19H,3-8,12-15H2,1-2H3,(H-,38,39,40,41,42,43);;/q;2*+1/p-1. The molecule has 4 rings (SSSR count). The molecule has 0 bridgehead atoms. The van der Waals surface area contributed by atoms with Crippen LogP contribution in [0.1, 0.15) is 45.4 Å². The van der Waals surface area contributed by atoms with Crippen LogP contribution in [0.2, 0.25) is 20.1 Å². The van der Waals surface area contributed by atoms with E-state index >= 15 is 0 Å². The first kappa shape index (κ1) is 43.1. The van der Waals surface area contributed by atoms with E-state index in [1.54, 1.807) is 24.3 Å². The molecule has 1 aliphatic heterocycles. The van der Waals surface area contributed by atoms with Gasteiger partial charge in [0.25, 0.3) is 5.82 Å². The van der Waals surface area contributed by atoms with E-state index in [-0.39, 0.29) is 72.0 Å². The molecule has 3 aromatic rings. The van der Waals surface area contributed by atoms with Crippen molar-refractivity contribution < 1.29 is 89.6 Å². The maximum absolute atomic E-state index is 11.2. The van der Waals surface area contributed by atoms with Crippen molar-refractivity contribution in [2.75, 3.05) is 34.4 Å². The molecule has 2 aromatic carbocycles. The number of imidazole rings is 1. The molecule has 246 valence electrons. The van der Waals surface area contributed by atoms with Crippen LogP contribution in [0.5, 0.6) is 0 Å². The second-order valence-corrected chi connectivity index (χ2v) is 15.2. The largest absolute Gasteiger partial charge is 1.00 e. The smallest absolute Gasteiger partial charge is 0.748 e. The van der Waals surface area contributed by atoms with Crippen molar-refractivity contribution in [3.63, 3.8) is 0 Å². The van der Waals surface area contributed by atoms with Crippen molar-refractivity contribution in [2.45, 2.75) is 52.6 Å². The Hall–Kier alpha value is -0.0300. The Morgan fingerprint density at radius 2 is 1.28 bits per heavy atom. The Labute approximate surface area is 340 Å². The van der Waals surface area contributed by atoms with E-state index in [4.69, 9.17) is 46.4 Å². The Bertz CT molecular complexity index is 1870. The Kier molecular flexibility index (Phi) is 16.9. The Morgan fingerprint density at radius 1 is 0.745 bits per heavy atom. The van der Waals surface area contributed by atoms with Crippen LogP contribution in [-0.2, 0) is 33.3 Å². The van der Waals surface area contributed by atoms with Gasteiger partial charge in [0.2, 0.25) is 0 Å². The number of hydrogen-bond donors (Lipinski definition) is 0. The normalized spacial score (nSPS) is 14.3. The molecule has 0 spiro atoms. The number of rotatable bonds is 14. The van der Waals surface area contributed by atoms with E-state index in [0.29, 0.717) is 59.1 Å². The van der Waals surface area contributed by atoms with Crippen molar-refractivity contribution >= 4 is 95.1 Å². The molecule has 10 nitrogen and oxygen atoms in total. The van der Waals surface area contributed by atoms with Gasteiger partial charge >= 0.3 is 59.1 Å². The topological polar surface area (TPSA) is 130 Å². The van der Waals surface area contributed by atoms with Crippen molar-refractivity contribution in [1.82, 2.24) is 4.57 Å². The fourth-order valence-corrected chi connectivity index (χ4v) is 7.26. The third kappa shape index (κ3) is 11.0. The van der Waals surface area contributed by atoms with E-state index in [1.807, 2.05) is 41.5 Å². The molecule has 47 heavy (non-hydrogen) atoms. The molecule has 1 aromatic heterocycles. The van der Waals surface area contributed by atoms with Crippen molar-refractivity contribution in [3.8, 4) is 0 Å². The zero-order valence-electron chi connectivity index (χ0n) is 26.7. The summed E-state index contributed by atoms with van der Waals surface area (Å²) in [5.74, 6) is 0.734. The van der Waals surface area contributed by atoms with Crippen molar-refractivity contribution in [3.05, 3.63) is 68.2 Å². The van der Waals surface area contributed by atoms with Crippen LogP contribution in [0.15, 0.2) is 42.2 Å². The number of unbranched alkanes of at least 4 members (excludes halogenated alkanes) is 2. The van der Waals surface area contributed by atoms with Gasteiger partial charge in [-0.2, -0.15) is 0 Å². The third-order valence-electron chi connectivity index (χ3n) is 7.48. The molecule has 0 unspecified atom stereocenters. The fourth-order valence-electron chi connectivity index (χ4n) is 5.51. The van der Waals surface area contributed by atoms with Crippen LogP contribution in [-0.4, -0.2) is 55.1 Å². The molecular weight excluding hydrogens is 752 g/mol. The number of anilines is 2. The first-order chi connectivity index (χ1) is 21.1. The van der Waals surface area contributed by atoms with E-state index in [1.165, 1.54) is 0 Å².